The molecular weight excluding hydrogens is 164 g/mol. The zero-order chi connectivity index (χ0) is 9.10. The number of hydrogen-bond acceptors (Lipinski definition) is 2. The smallest absolute Gasteiger partial charge is 0.136 e. The Kier molecular flexibility index (Phi) is 2.10. The number of pyridine rings is 1. The van der Waals surface area contributed by atoms with E-state index in [-0.39, 0.29) is 6.61 Å². The first-order valence-corrected chi connectivity index (χ1v) is 4.10. The van der Waals surface area contributed by atoms with Crippen LogP contribution in [0, 0.1) is 0 Å². The molecule has 0 aliphatic carbocycles. The highest BCUT2D eigenvalue weighted by molar-refractivity contribution is 5.26. The Morgan fingerprint density at radius 2 is 2.15 bits per heavy atom. The van der Waals surface area contributed by atoms with Gasteiger partial charge in [0.25, 0.3) is 0 Å². The van der Waals surface area contributed by atoms with Gasteiger partial charge in [-0.2, -0.15) is 0 Å². The summed E-state index contributed by atoms with van der Waals surface area (Å²) in [4.78, 5) is 4.18. The third-order valence-corrected chi connectivity index (χ3v) is 1.89. The van der Waals surface area contributed by atoms with Crippen LogP contribution in [-0.2, 0) is 6.61 Å². The van der Waals surface area contributed by atoms with Crippen LogP contribution in [-0.4, -0.2) is 14.7 Å². The Labute approximate surface area is 76.3 Å². The van der Waals surface area contributed by atoms with E-state index in [0.717, 1.165) is 11.5 Å². The average Bonchev–Trinajstić information content (AvgIpc) is 2.67. The largest absolute Gasteiger partial charge is 0.390 e. The molecule has 3 nitrogen and oxygen atoms in total. The topological polar surface area (TPSA) is 38.0 Å². The summed E-state index contributed by atoms with van der Waals surface area (Å²) < 4.78 is 1.86. The van der Waals surface area contributed by atoms with Gasteiger partial charge >= 0.3 is 0 Å². The molecule has 0 fully saturated rings. The third-order valence-electron chi connectivity index (χ3n) is 1.89. The second kappa shape index (κ2) is 3.41. The molecule has 0 amide bonds. The van der Waals surface area contributed by atoms with Crippen LogP contribution in [0.4, 0.5) is 0 Å². The number of rotatable bonds is 2. The van der Waals surface area contributed by atoms with E-state index < -0.39 is 0 Å². The van der Waals surface area contributed by atoms with Gasteiger partial charge in [0, 0.05) is 18.1 Å². The molecule has 0 unspecified atom stereocenters. The third kappa shape index (κ3) is 1.46. The number of nitrogens with zero attached hydrogens (tertiary/aromatic N) is 2. The molecule has 0 bridgehead atoms. The van der Waals surface area contributed by atoms with Gasteiger partial charge < -0.3 is 9.67 Å². The van der Waals surface area contributed by atoms with Crippen LogP contribution in [0.2, 0.25) is 0 Å². The lowest BCUT2D eigenvalue weighted by Crippen LogP contribution is -1.99. The predicted octanol–water partition coefficient (Wildman–Crippen LogP) is 1.36. The Balaban J connectivity index is 2.47. The highest BCUT2D eigenvalue weighted by atomic mass is 16.3. The predicted molar refractivity (Wildman–Crippen MR) is 49.5 cm³/mol. The number of aliphatic hydroxyl groups excluding tert-OH is 1. The van der Waals surface area contributed by atoms with Crippen molar-refractivity contribution >= 4 is 0 Å². The Hall–Kier alpha value is -1.61. The fraction of sp³-hybridized carbons (Fsp3) is 0.100. The van der Waals surface area contributed by atoms with E-state index in [1.807, 2.05) is 41.1 Å². The average molecular weight is 174 g/mol. The van der Waals surface area contributed by atoms with E-state index in [0.29, 0.717) is 0 Å². The maximum Gasteiger partial charge on any atom is 0.136 e. The Bertz CT molecular complexity index is 381. The molecule has 0 radical (unpaired) electrons. The molecule has 0 atom stereocenters. The minimum atomic E-state index is 0.0313. The molecule has 3 heteroatoms. The molecule has 66 valence electrons. The molecule has 0 aliphatic heterocycles. The summed E-state index contributed by atoms with van der Waals surface area (Å²) in [7, 11) is 0. The van der Waals surface area contributed by atoms with Crippen molar-refractivity contribution in [3.8, 4) is 5.82 Å². The van der Waals surface area contributed by atoms with E-state index in [1.54, 1.807) is 6.20 Å². The Morgan fingerprint density at radius 3 is 2.85 bits per heavy atom. The van der Waals surface area contributed by atoms with Crippen molar-refractivity contribution in [2.45, 2.75) is 6.61 Å². The van der Waals surface area contributed by atoms with Crippen molar-refractivity contribution < 1.29 is 5.11 Å². The summed E-state index contributed by atoms with van der Waals surface area (Å²) in [5, 5.41) is 9.02. The zero-order valence-corrected chi connectivity index (χ0v) is 7.09. The molecular formula is C10H10N2O. The van der Waals surface area contributed by atoms with Crippen molar-refractivity contribution in [3.63, 3.8) is 0 Å². The van der Waals surface area contributed by atoms with Crippen LogP contribution >= 0.6 is 0 Å². The maximum absolute atomic E-state index is 9.02. The van der Waals surface area contributed by atoms with Gasteiger partial charge in [-0.15, -0.1) is 0 Å². The number of hydrogen-bond donors (Lipinski definition) is 1. The first-order chi connectivity index (χ1) is 6.42. The van der Waals surface area contributed by atoms with Gasteiger partial charge in [0.1, 0.15) is 5.82 Å². The summed E-state index contributed by atoms with van der Waals surface area (Å²) in [6, 6.07) is 9.45. The van der Waals surface area contributed by atoms with E-state index in [2.05, 4.69) is 4.98 Å². The molecule has 2 heterocycles. The SMILES string of the molecule is OCc1cccn1-c1ccccn1. The fourth-order valence-corrected chi connectivity index (χ4v) is 1.26. The number of aromatic nitrogens is 2. The molecule has 2 rings (SSSR count). The minimum absolute atomic E-state index is 0.0313. The zero-order valence-electron chi connectivity index (χ0n) is 7.09. The van der Waals surface area contributed by atoms with Gasteiger partial charge in [-0.05, 0) is 24.3 Å². The van der Waals surface area contributed by atoms with Gasteiger partial charge in [0.15, 0.2) is 0 Å². The summed E-state index contributed by atoms with van der Waals surface area (Å²) in [5.41, 5.74) is 0.846. The summed E-state index contributed by atoms with van der Waals surface area (Å²) in [5.74, 6) is 0.830. The molecule has 2 aromatic rings. The van der Waals surface area contributed by atoms with Crippen LogP contribution in [0.15, 0.2) is 42.7 Å². The van der Waals surface area contributed by atoms with E-state index in [4.69, 9.17) is 5.11 Å². The molecule has 2 aromatic heterocycles. The normalized spacial score (nSPS) is 10.2. The molecule has 0 aromatic carbocycles. The van der Waals surface area contributed by atoms with Crippen molar-refractivity contribution in [3.05, 3.63) is 48.4 Å². The molecule has 0 saturated carbocycles. The van der Waals surface area contributed by atoms with Gasteiger partial charge in [0.2, 0.25) is 0 Å². The molecule has 0 aliphatic rings. The van der Waals surface area contributed by atoms with Crippen LogP contribution < -0.4 is 0 Å². The summed E-state index contributed by atoms with van der Waals surface area (Å²) >= 11 is 0. The van der Waals surface area contributed by atoms with Crippen LogP contribution in [0.3, 0.4) is 0 Å². The van der Waals surface area contributed by atoms with Gasteiger partial charge in [-0.1, -0.05) is 6.07 Å². The van der Waals surface area contributed by atoms with Crippen molar-refractivity contribution in [2.75, 3.05) is 0 Å². The van der Waals surface area contributed by atoms with Gasteiger partial charge in [-0.25, -0.2) is 4.98 Å². The molecule has 0 spiro atoms. The lowest BCUT2D eigenvalue weighted by Gasteiger charge is -2.04. The van der Waals surface area contributed by atoms with E-state index >= 15 is 0 Å². The minimum Gasteiger partial charge on any atom is -0.390 e. The lowest BCUT2D eigenvalue weighted by molar-refractivity contribution is 0.274. The van der Waals surface area contributed by atoms with E-state index in [9.17, 15) is 0 Å². The number of aliphatic hydroxyl groups is 1. The van der Waals surface area contributed by atoms with Crippen LogP contribution in [0.5, 0.6) is 0 Å². The molecule has 1 N–H and O–H groups in total. The maximum atomic E-state index is 9.02. The van der Waals surface area contributed by atoms with Crippen molar-refractivity contribution in [1.29, 1.82) is 0 Å². The van der Waals surface area contributed by atoms with Crippen LogP contribution in [0.25, 0.3) is 5.82 Å². The monoisotopic (exact) mass is 174 g/mol. The fourth-order valence-electron chi connectivity index (χ4n) is 1.26. The first-order valence-electron chi connectivity index (χ1n) is 4.10. The highest BCUT2D eigenvalue weighted by Crippen LogP contribution is 2.09. The second-order valence-corrected chi connectivity index (χ2v) is 2.72. The van der Waals surface area contributed by atoms with Crippen molar-refractivity contribution in [1.82, 2.24) is 9.55 Å². The molecule has 0 saturated heterocycles. The van der Waals surface area contributed by atoms with E-state index in [1.165, 1.54) is 0 Å². The highest BCUT2D eigenvalue weighted by Gasteiger charge is 2.00. The summed E-state index contributed by atoms with van der Waals surface area (Å²) in [6.07, 6.45) is 3.62. The quantitative estimate of drug-likeness (QED) is 0.746. The first kappa shape index (κ1) is 8.01. The van der Waals surface area contributed by atoms with Crippen molar-refractivity contribution in [2.24, 2.45) is 0 Å². The standard InChI is InChI=1S/C10H10N2O/c13-8-9-4-3-7-12(9)10-5-1-2-6-11-10/h1-7,13H,8H2. The molecule has 13 heavy (non-hydrogen) atoms. The van der Waals surface area contributed by atoms with Crippen LogP contribution in [0.1, 0.15) is 5.69 Å². The van der Waals surface area contributed by atoms with Gasteiger partial charge in [0.05, 0.1) is 6.61 Å². The summed E-state index contributed by atoms with van der Waals surface area (Å²) in [6.45, 7) is 0.0313. The second-order valence-electron chi connectivity index (χ2n) is 2.72. The van der Waals surface area contributed by atoms with Gasteiger partial charge in [-0.3, -0.25) is 0 Å². The lowest BCUT2D eigenvalue weighted by atomic mass is 10.4. The Morgan fingerprint density at radius 1 is 1.23 bits per heavy atom.